The summed E-state index contributed by atoms with van der Waals surface area (Å²) in [6, 6.07) is 12.0. The van der Waals surface area contributed by atoms with E-state index in [1.165, 1.54) is 7.11 Å². The smallest absolute Gasteiger partial charge is 0.408 e. The molecule has 2 aromatic rings. The molecule has 0 heterocycles. The van der Waals surface area contributed by atoms with Crippen molar-refractivity contribution >= 4 is 34.7 Å². The molecule has 2 rings (SSSR count). The van der Waals surface area contributed by atoms with Gasteiger partial charge in [-0.05, 0) is 79.3 Å². The molecule has 0 aliphatic carbocycles. The Bertz CT molecular complexity index is 876. The van der Waals surface area contributed by atoms with Gasteiger partial charge in [-0.15, -0.1) is 0 Å². The highest BCUT2D eigenvalue weighted by Gasteiger charge is 2.25. The first-order chi connectivity index (χ1) is 14.1. The second-order valence-corrected chi connectivity index (χ2v) is 8.71. The lowest BCUT2D eigenvalue weighted by Crippen LogP contribution is -2.45. The number of carbonyl (C=O) groups excluding carboxylic acids is 2. The highest BCUT2D eigenvalue weighted by molar-refractivity contribution is 14.1. The monoisotopic (exact) mass is 527 g/mol. The maximum Gasteiger partial charge on any atom is 0.408 e. The molecule has 1 N–H and O–H groups in total. The number of ether oxygens (including phenoxy) is 4. The van der Waals surface area contributed by atoms with E-state index < -0.39 is 23.7 Å². The minimum atomic E-state index is -0.868. The van der Waals surface area contributed by atoms with Crippen LogP contribution in [0.15, 0.2) is 42.5 Å². The molecule has 0 aromatic heterocycles. The number of esters is 1. The molecule has 0 saturated carbocycles. The van der Waals surface area contributed by atoms with Gasteiger partial charge in [-0.3, -0.25) is 0 Å². The molecule has 0 saturated heterocycles. The Balaban J connectivity index is 2.09. The number of hydrogen-bond acceptors (Lipinski definition) is 6. The van der Waals surface area contributed by atoms with Gasteiger partial charge in [-0.25, -0.2) is 9.59 Å². The zero-order valence-electron chi connectivity index (χ0n) is 17.7. The van der Waals surface area contributed by atoms with Crippen molar-refractivity contribution in [3.8, 4) is 17.2 Å². The van der Waals surface area contributed by atoms with Gasteiger partial charge in [0.05, 0.1) is 14.2 Å². The second kappa shape index (κ2) is 10.5. The van der Waals surface area contributed by atoms with Crippen LogP contribution in [0.2, 0.25) is 0 Å². The Morgan fingerprint density at radius 2 is 1.70 bits per heavy atom. The maximum atomic E-state index is 12.1. The molecular weight excluding hydrogens is 501 g/mol. The van der Waals surface area contributed by atoms with Gasteiger partial charge in [0.1, 0.15) is 17.4 Å². The summed E-state index contributed by atoms with van der Waals surface area (Å²) in [5.41, 5.74) is 0.156. The van der Waals surface area contributed by atoms with Crippen molar-refractivity contribution in [2.24, 2.45) is 0 Å². The van der Waals surface area contributed by atoms with Crippen molar-refractivity contribution in [1.29, 1.82) is 0 Å². The first-order valence-corrected chi connectivity index (χ1v) is 10.4. The number of halogens is 1. The number of rotatable bonds is 7. The Morgan fingerprint density at radius 1 is 1.03 bits per heavy atom. The van der Waals surface area contributed by atoms with Gasteiger partial charge in [0.15, 0.2) is 11.5 Å². The molecule has 0 aliphatic heterocycles. The zero-order chi connectivity index (χ0) is 22.3. The fraction of sp³-hybridized carbons (Fsp3) is 0.364. The van der Waals surface area contributed by atoms with Gasteiger partial charge in [-0.2, -0.15) is 0 Å². The van der Waals surface area contributed by atoms with E-state index in [2.05, 4.69) is 27.9 Å². The number of amides is 1. The minimum Gasteiger partial charge on any atom is -0.493 e. The van der Waals surface area contributed by atoms with Crippen LogP contribution in [-0.2, 0) is 20.7 Å². The number of nitrogens with one attached hydrogen (secondary N) is 1. The topological polar surface area (TPSA) is 83.1 Å². The SMILES string of the molecule is COC(=O)[C@H](Cc1ccc(Oc2cc(I)ccc2OC)cc1)NC(=O)OC(C)(C)C. The van der Waals surface area contributed by atoms with E-state index in [0.29, 0.717) is 17.2 Å². The van der Waals surface area contributed by atoms with Crippen LogP contribution in [0.3, 0.4) is 0 Å². The van der Waals surface area contributed by atoms with Crippen LogP contribution in [-0.4, -0.2) is 37.9 Å². The summed E-state index contributed by atoms with van der Waals surface area (Å²) in [5, 5.41) is 2.56. The van der Waals surface area contributed by atoms with E-state index in [1.807, 2.05) is 30.3 Å². The molecule has 0 fully saturated rings. The van der Waals surface area contributed by atoms with Crippen molar-refractivity contribution in [1.82, 2.24) is 5.32 Å². The summed E-state index contributed by atoms with van der Waals surface area (Å²) in [5.74, 6) is 1.31. The Labute approximate surface area is 190 Å². The molecule has 0 radical (unpaired) electrons. The fourth-order valence-electron chi connectivity index (χ4n) is 2.57. The average molecular weight is 527 g/mol. The van der Waals surface area contributed by atoms with Gasteiger partial charge >= 0.3 is 12.1 Å². The average Bonchev–Trinajstić information content (AvgIpc) is 2.67. The molecule has 30 heavy (non-hydrogen) atoms. The maximum absolute atomic E-state index is 12.1. The summed E-state index contributed by atoms with van der Waals surface area (Å²) in [6.07, 6.45) is -0.428. The van der Waals surface area contributed by atoms with Gasteiger partial charge in [0, 0.05) is 9.99 Å². The molecule has 2 aromatic carbocycles. The molecular formula is C22H26INO6. The van der Waals surface area contributed by atoms with Crippen molar-refractivity contribution in [2.45, 2.75) is 38.8 Å². The van der Waals surface area contributed by atoms with Crippen LogP contribution >= 0.6 is 22.6 Å². The van der Waals surface area contributed by atoms with Gasteiger partial charge in [0.2, 0.25) is 0 Å². The number of hydrogen-bond donors (Lipinski definition) is 1. The third-order valence-corrected chi connectivity index (χ3v) is 4.56. The highest BCUT2D eigenvalue weighted by atomic mass is 127. The van der Waals surface area contributed by atoms with Crippen LogP contribution in [0.25, 0.3) is 0 Å². The standard InChI is InChI=1S/C22H26INO6/c1-22(2,3)30-21(26)24-17(20(25)28-5)12-14-6-9-16(10-7-14)29-19-13-15(23)8-11-18(19)27-4/h6-11,13,17H,12H2,1-5H3,(H,24,26)/t17-/m0/s1. The Morgan fingerprint density at radius 3 is 2.27 bits per heavy atom. The van der Waals surface area contributed by atoms with Crippen LogP contribution in [0.4, 0.5) is 4.79 Å². The number of methoxy groups -OCH3 is 2. The predicted octanol–water partition coefficient (Wildman–Crippen LogP) is 4.70. The first kappa shape index (κ1) is 23.8. The van der Waals surface area contributed by atoms with Crippen molar-refractivity contribution < 1.29 is 28.5 Å². The van der Waals surface area contributed by atoms with Crippen molar-refractivity contribution in [3.63, 3.8) is 0 Å². The molecule has 1 atom stereocenters. The van der Waals surface area contributed by atoms with Gasteiger partial charge in [0.25, 0.3) is 0 Å². The predicted molar refractivity (Wildman–Crippen MR) is 121 cm³/mol. The summed E-state index contributed by atoms with van der Waals surface area (Å²) in [7, 11) is 2.86. The summed E-state index contributed by atoms with van der Waals surface area (Å²) < 4.78 is 22.3. The molecule has 0 unspecified atom stereocenters. The third-order valence-electron chi connectivity index (χ3n) is 3.89. The Kier molecular flexibility index (Phi) is 8.33. The lowest BCUT2D eigenvalue weighted by atomic mass is 10.1. The third kappa shape index (κ3) is 7.40. The van der Waals surface area contributed by atoms with Crippen LogP contribution in [0.1, 0.15) is 26.3 Å². The number of carbonyl (C=O) groups is 2. The van der Waals surface area contributed by atoms with Crippen molar-refractivity contribution in [3.05, 3.63) is 51.6 Å². The Hall–Kier alpha value is -2.49. The van der Waals surface area contributed by atoms with Crippen LogP contribution < -0.4 is 14.8 Å². The molecule has 162 valence electrons. The summed E-state index contributed by atoms with van der Waals surface area (Å²) in [6.45, 7) is 5.25. The molecule has 0 aliphatic rings. The van der Waals surface area contributed by atoms with E-state index in [-0.39, 0.29) is 6.42 Å². The minimum absolute atomic E-state index is 0.249. The van der Waals surface area contributed by atoms with E-state index in [0.717, 1.165) is 9.13 Å². The summed E-state index contributed by atoms with van der Waals surface area (Å²) in [4.78, 5) is 24.1. The highest BCUT2D eigenvalue weighted by Crippen LogP contribution is 2.33. The van der Waals surface area contributed by atoms with E-state index in [4.69, 9.17) is 18.9 Å². The van der Waals surface area contributed by atoms with Crippen LogP contribution in [0.5, 0.6) is 17.2 Å². The van der Waals surface area contributed by atoms with E-state index in [9.17, 15) is 9.59 Å². The van der Waals surface area contributed by atoms with Gasteiger partial charge < -0.3 is 24.3 Å². The first-order valence-electron chi connectivity index (χ1n) is 9.29. The largest absolute Gasteiger partial charge is 0.493 e. The zero-order valence-corrected chi connectivity index (χ0v) is 19.8. The van der Waals surface area contributed by atoms with Crippen LogP contribution in [0, 0.1) is 3.57 Å². The quantitative estimate of drug-likeness (QED) is 0.415. The fourth-order valence-corrected chi connectivity index (χ4v) is 3.03. The van der Waals surface area contributed by atoms with Crippen molar-refractivity contribution in [2.75, 3.05) is 14.2 Å². The molecule has 8 heteroatoms. The summed E-state index contributed by atoms with van der Waals surface area (Å²) >= 11 is 2.20. The lowest BCUT2D eigenvalue weighted by molar-refractivity contribution is -0.143. The molecule has 0 spiro atoms. The van der Waals surface area contributed by atoms with E-state index >= 15 is 0 Å². The molecule has 0 bridgehead atoms. The number of benzene rings is 2. The molecule has 1 amide bonds. The lowest BCUT2D eigenvalue weighted by Gasteiger charge is -2.22. The second-order valence-electron chi connectivity index (χ2n) is 7.47. The number of alkyl carbamates (subject to hydrolysis) is 1. The normalized spacial score (nSPS) is 11.9. The van der Waals surface area contributed by atoms with Gasteiger partial charge in [-0.1, -0.05) is 12.1 Å². The molecule has 7 nitrogen and oxygen atoms in total. The van der Waals surface area contributed by atoms with E-state index in [1.54, 1.807) is 40.0 Å².